The Balaban J connectivity index is 2.43. The van der Waals surface area contributed by atoms with Gasteiger partial charge in [0.2, 0.25) is 0 Å². The van der Waals surface area contributed by atoms with Crippen molar-refractivity contribution >= 4 is 17.5 Å². The van der Waals surface area contributed by atoms with Gasteiger partial charge >= 0.3 is 0 Å². The molecule has 4 nitrogen and oxygen atoms in total. The largest absolute Gasteiger partial charge is 0.299 e. The number of nitro groups is 1. The van der Waals surface area contributed by atoms with E-state index in [0.717, 1.165) is 16.7 Å². The number of nitro benzene ring substituents is 1. The minimum Gasteiger partial charge on any atom is -0.299 e. The Hall–Kier alpha value is -2.75. The summed E-state index contributed by atoms with van der Waals surface area (Å²) in [7, 11) is 0. The van der Waals surface area contributed by atoms with E-state index in [-0.39, 0.29) is 5.69 Å². The topological polar surface area (TPSA) is 60.2 Å². The van der Waals surface area contributed by atoms with Gasteiger partial charge in [0.05, 0.1) is 4.92 Å². The molecule has 0 unspecified atom stereocenters. The molecule has 0 aliphatic rings. The first-order valence-corrected chi connectivity index (χ1v) is 5.68. The Labute approximate surface area is 110 Å². The normalized spacial score (nSPS) is 11.1. The van der Waals surface area contributed by atoms with E-state index in [9.17, 15) is 14.9 Å². The highest BCUT2D eigenvalue weighted by Gasteiger charge is 2.08. The molecule has 0 aliphatic carbocycles. The summed E-state index contributed by atoms with van der Waals surface area (Å²) in [6.07, 6.45) is 2.17. The van der Waals surface area contributed by atoms with Gasteiger partial charge in [0, 0.05) is 12.1 Å². The molecular weight excluding hydrogens is 242 g/mol. The number of rotatable bonds is 4. The fraction of sp³-hybridized carbons (Fsp3) is 0. The zero-order valence-corrected chi connectivity index (χ0v) is 10.0. The monoisotopic (exact) mass is 253 g/mol. The van der Waals surface area contributed by atoms with Crippen LogP contribution in [0.3, 0.4) is 0 Å². The number of allylic oxidation sites excluding steroid dienone is 1. The molecule has 2 rings (SSSR count). The zero-order valence-electron chi connectivity index (χ0n) is 10.0. The maximum atomic E-state index is 10.8. The molecule has 2 aromatic carbocycles. The molecule has 0 bridgehead atoms. The van der Waals surface area contributed by atoms with Gasteiger partial charge in [0.15, 0.2) is 0 Å². The molecular formula is C15H11NO3. The first-order chi connectivity index (χ1) is 9.22. The van der Waals surface area contributed by atoms with Crippen LogP contribution < -0.4 is 0 Å². The van der Waals surface area contributed by atoms with Crippen molar-refractivity contribution in [3.63, 3.8) is 0 Å². The number of hydrogen-bond acceptors (Lipinski definition) is 3. The van der Waals surface area contributed by atoms with E-state index in [1.165, 1.54) is 18.2 Å². The van der Waals surface area contributed by atoms with E-state index in [1.807, 2.05) is 30.3 Å². The van der Waals surface area contributed by atoms with Crippen molar-refractivity contribution < 1.29 is 9.72 Å². The van der Waals surface area contributed by atoms with Gasteiger partial charge in [-0.3, -0.25) is 14.9 Å². The van der Waals surface area contributed by atoms with Crippen LogP contribution in [0.5, 0.6) is 0 Å². The van der Waals surface area contributed by atoms with Gasteiger partial charge in [-0.15, -0.1) is 0 Å². The van der Waals surface area contributed by atoms with Gasteiger partial charge in [0.1, 0.15) is 6.29 Å². The van der Waals surface area contributed by atoms with Crippen LogP contribution in [0.15, 0.2) is 60.7 Å². The first-order valence-electron chi connectivity index (χ1n) is 5.68. The van der Waals surface area contributed by atoms with Crippen LogP contribution >= 0.6 is 0 Å². The summed E-state index contributed by atoms with van der Waals surface area (Å²) in [4.78, 5) is 20.9. The maximum Gasteiger partial charge on any atom is 0.269 e. The Kier molecular flexibility index (Phi) is 3.83. The summed E-state index contributed by atoms with van der Waals surface area (Å²) >= 11 is 0. The average molecular weight is 253 g/mol. The van der Waals surface area contributed by atoms with E-state index in [4.69, 9.17) is 0 Å². The van der Waals surface area contributed by atoms with Crippen molar-refractivity contribution in [3.8, 4) is 0 Å². The van der Waals surface area contributed by atoms with Gasteiger partial charge < -0.3 is 0 Å². The third-order valence-corrected chi connectivity index (χ3v) is 2.71. The predicted molar refractivity (Wildman–Crippen MR) is 72.7 cm³/mol. The second kappa shape index (κ2) is 5.73. The first kappa shape index (κ1) is 12.7. The third kappa shape index (κ3) is 2.93. The highest BCUT2D eigenvalue weighted by atomic mass is 16.6. The molecule has 94 valence electrons. The number of aldehydes is 1. The smallest absolute Gasteiger partial charge is 0.269 e. The molecule has 0 saturated heterocycles. The second-order valence-corrected chi connectivity index (χ2v) is 3.89. The van der Waals surface area contributed by atoms with Gasteiger partial charge in [-0.1, -0.05) is 30.3 Å². The van der Waals surface area contributed by atoms with Crippen molar-refractivity contribution in [3.05, 3.63) is 81.9 Å². The Morgan fingerprint density at radius 2 is 1.53 bits per heavy atom. The SMILES string of the molecule is O=CC=C(c1ccccc1)c1ccc([N+](=O)[O-])cc1. The summed E-state index contributed by atoms with van der Waals surface area (Å²) in [5.74, 6) is 0. The van der Waals surface area contributed by atoms with Crippen molar-refractivity contribution in [2.24, 2.45) is 0 Å². The molecule has 19 heavy (non-hydrogen) atoms. The number of hydrogen-bond donors (Lipinski definition) is 0. The number of non-ortho nitro benzene ring substituents is 1. The van der Waals surface area contributed by atoms with Gasteiger partial charge in [-0.05, 0) is 34.9 Å². The fourth-order valence-electron chi connectivity index (χ4n) is 1.81. The lowest BCUT2D eigenvalue weighted by molar-refractivity contribution is -0.384. The van der Waals surface area contributed by atoms with Crippen LogP contribution in [0.25, 0.3) is 5.57 Å². The molecule has 0 aromatic heterocycles. The molecule has 4 heteroatoms. The van der Waals surface area contributed by atoms with Crippen LogP contribution in [0, 0.1) is 10.1 Å². The van der Waals surface area contributed by atoms with E-state index in [1.54, 1.807) is 12.1 Å². The summed E-state index contributed by atoms with van der Waals surface area (Å²) in [6.45, 7) is 0. The van der Waals surface area contributed by atoms with E-state index >= 15 is 0 Å². The molecule has 0 N–H and O–H groups in total. The summed E-state index contributed by atoms with van der Waals surface area (Å²) < 4.78 is 0. The molecule has 0 amide bonds. The van der Waals surface area contributed by atoms with Crippen LogP contribution in [0.2, 0.25) is 0 Å². The van der Waals surface area contributed by atoms with Crippen LogP contribution in [0.1, 0.15) is 11.1 Å². The molecule has 0 atom stereocenters. The van der Waals surface area contributed by atoms with E-state index < -0.39 is 4.92 Å². The van der Waals surface area contributed by atoms with Crippen LogP contribution in [-0.2, 0) is 4.79 Å². The molecule has 2 aromatic rings. The van der Waals surface area contributed by atoms with Gasteiger partial charge in [0.25, 0.3) is 5.69 Å². The quantitative estimate of drug-likeness (QED) is 0.364. The molecule has 0 heterocycles. The van der Waals surface area contributed by atoms with Crippen molar-refractivity contribution in [1.29, 1.82) is 0 Å². The summed E-state index contributed by atoms with van der Waals surface area (Å²) in [6, 6.07) is 15.5. The van der Waals surface area contributed by atoms with E-state index in [2.05, 4.69) is 0 Å². The molecule has 0 fully saturated rings. The number of carbonyl (C=O) groups excluding carboxylic acids is 1. The highest BCUT2D eigenvalue weighted by Crippen LogP contribution is 2.24. The zero-order chi connectivity index (χ0) is 13.7. The Bertz CT molecular complexity index is 616. The lowest BCUT2D eigenvalue weighted by Gasteiger charge is -2.06. The molecule has 0 saturated carbocycles. The predicted octanol–water partition coefficient (Wildman–Crippen LogP) is 3.23. The average Bonchev–Trinajstić information content (AvgIpc) is 2.46. The van der Waals surface area contributed by atoms with Crippen LogP contribution in [0.4, 0.5) is 5.69 Å². The molecule has 0 aliphatic heterocycles. The van der Waals surface area contributed by atoms with Gasteiger partial charge in [-0.2, -0.15) is 0 Å². The lowest BCUT2D eigenvalue weighted by atomic mass is 9.97. The Morgan fingerprint density at radius 1 is 0.947 bits per heavy atom. The van der Waals surface area contributed by atoms with Crippen molar-refractivity contribution in [2.75, 3.05) is 0 Å². The van der Waals surface area contributed by atoms with Crippen LogP contribution in [-0.4, -0.2) is 11.2 Å². The maximum absolute atomic E-state index is 10.8. The van der Waals surface area contributed by atoms with Crippen molar-refractivity contribution in [1.82, 2.24) is 0 Å². The number of nitrogens with zero attached hydrogens (tertiary/aromatic N) is 1. The summed E-state index contributed by atoms with van der Waals surface area (Å²) in [5.41, 5.74) is 2.43. The number of benzene rings is 2. The molecule has 0 spiro atoms. The minimum atomic E-state index is -0.449. The van der Waals surface area contributed by atoms with Crippen molar-refractivity contribution in [2.45, 2.75) is 0 Å². The highest BCUT2D eigenvalue weighted by molar-refractivity contribution is 5.89. The third-order valence-electron chi connectivity index (χ3n) is 2.71. The number of carbonyl (C=O) groups is 1. The minimum absolute atomic E-state index is 0.0299. The summed E-state index contributed by atoms with van der Waals surface area (Å²) in [5, 5.41) is 10.6. The molecule has 0 radical (unpaired) electrons. The van der Waals surface area contributed by atoms with Gasteiger partial charge in [-0.25, -0.2) is 0 Å². The van der Waals surface area contributed by atoms with E-state index in [0.29, 0.717) is 6.29 Å². The second-order valence-electron chi connectivity index (χ2n) is 3.89. The Morgan fingerprint density at radius 3 is 2.05 bits per heavy atom. The fourth-order valence-corrected chi connectivity index (χ4v) is 1.81. The standard InChI is InChI=1S/C15H11NO3/c17-11-10-15(12-4-2-1-3-5-12)13-6-8-14(9-7-13)16(18)19/h1-11H. The lowest BCUT2D eigenvalue weighted by Crippen LogP contribution is -1.91.